The lowest BCUT2D eigenvalue weighted by Crippen LogP contribution is -2.25. The lowest BCUT2D eigenvalue weighted by atomic mass is 9.83. The minimum absolute atomic E-state index is 0.403. The molecule has 2 nitrogen and oxygen atoms in total. The minimum Gasteiger partial charge on any atom is -0.257 e. The zero-order valence-corrected chi connectivity index (χ0v) is 10.7. The number of fused-ring (bicyclic) bond motifs is 2. The average Bonchev–Trinajstić information content (AvgIpc) is 2.80. The predicted molar refractivity (Wildman–Crippen MR) is 73.6 cm³/mol. The molecule has 4 rings (SSSR count). The van der Waals surface area contributed by atoms with Crippen LogP contribution in [0.3, 0.4) is 0 Å². The van der Waals surface area contributed by atoms with E-state index in [0.717, 1.165) is 6.42 Å². The first kappa shape index (κ1) is 10.1. The van der Waals surface area contributed by atoms with E-state index in [1.807, 2.05) is 6.20 Å². The monoisotopic (exact) mass is 236 g/mol. The Bertz CT molecular complexity index is 703. The van der Waals surface area contributed by atoms with Crippen LogP contribution in [-0.2, 0) is 6.42 Å². The largest absolute Gasteiger partial charge is 0.257 e. The van der Waals surface area contributed by atoms with Crippen molar-refractivity contribution in [2.75, 3.05) is 0 Å². The summed E-state index contributed by atoms with van der Waals surface area (Å²) in [5.41, 5.74) is 5.47. The Balaban J connectivity index is 2.00. The van der Waals surface area contributed by atoms with Crippen molar-refractivity contribution in [3.63, 3.8) is 0 Å². The van der Waals surface area contributed by atoms with Gasteiger partial charge in [-0.2, -0.15) is 5.10 Å². The standard InChI is InChI=1S/C16H16N2/c1-10-3-6-15-13(7-10)8-12-5-4-11(2)14-9-17-18(15)16(12)14/h3-7,9,13,15H,8H2,1-2H3. The second kappa shape index (κ2) is 3.35. The summed E-state index contributed by atoms with van der Waals surface area (Å²) in [6, 6.07) is 4.90. The molecule has 2 heteroatoms. The summed E-state index contributed by atoms with van der Waals surface area (Å²) in [5, 5.41) is 5.94. The van der Waals surface area contributed by atoms with E-state index in [1.165, 1.54) is 27.6 Å². The van der Waals surface area contributed by atoms with Gasteiger partial charge in [-0.1, -0.05) is 35.9 Å². The molecule has 0 saturated heterocycles. The van der Waals surface area contributed by atoms with Gasteiger partial charge in [-0.25, -0.2) is 0 Å². The van der Waals surface area contributed by atoms with Gasteiger partial charge in [-0.05, 0) is 31.4 Å². The van der Waals surface area contributed by atoms with Crippen molar-refractivity contribution in [1.29, 1.82) is 0 Å². The molecule has 2 atom stereocenters. The maximum Gasteiger partial charge on any atom is 0.0775 e. The summed E-state index contributed by atoms with van der Waals surface area (Å²) in [7, 11) is 0. The number of rotatable bonds is 0. The van der Waals surface area contributed by atoms with Crippen molar-refractivity contribution in [2.24, 2.45) is 5.92 Å². The summed E-state index contributed by atoms with van der Waals surface area (Å²) in [6.07, 6.45) is 10.1. The van der Waals surface area contributed by atoms with Crippen LogP contribution in [0.5, 0.6) is 0 Å². The van der Waals surface area contributed by atoms with E-state index in [9.17, 15) is 0 Å². The second-order valence-electron chi connectivity index (χ2n) is 5.52. The lowest BCUT2D eigenvalue weighted by Gasteiger charge is -2.31. The van der Waals surface area contributed by atoms with E-state index in [2.05, 4.69) is 54.0 Å². The van der Waals surface area contributed by atoms with Crippen LogP contribution in [0.4, 0.5) is 0 Å². The normalized spacial score (nSPS) is 25.1. The topological polar surface area (TPSA) is 17.8 Å². The van der Waals surface area contributed by atoms with Crippen molar-refractivity contribution in [2.45, 2.75) is 26.3 Å². The number of hydrogen-bond acceptors (Lipinski definition) is 1. The quantitative estimate of drug-likeness (QED) is 0.683. The van der Waals surface area contributed by atoms with Gasteiger partial charge in [-0.15, -0.1) is 0 Å². The van der Waals surface area contributed by atoms with Crippen LogP contribution in [-0.4, -0.2) is 9.78 Å². The molecule has 18 heavy (non-hydrogen) atoms. The summed E-state index contributed by atoms with van der Waals surface area (Å²) in [5.74, 6) is 0.563. The summed E-state index contributed by atoms with van der Waals surface area (Å²) >= 11 is 0. The highest BCUT2D eigenvalue weighted by Crippen LogP contribution is 2.39. The first-order valence-corrected chi connectivity index (χ1v) is 6.56. The smallest absolute Gasteiger partial charge is 0.0775 e. The number of aryl methyl sites for hydroxylation is 1. The molecule has 0 amide bonds. The van der Waals surface area contributed by atoms with Gasteiger partial charge >= 0.3 is 0 Å². The molecular weight excluding hydrogens is 220 g/mol. The predicted octanol–water partition coefficient (Wildman–Crippen LogP) is 3.57. The van der Waals surface area contributed by atoms with Crippen molar-refractivity contribution >= 4 is 10.9 Å². The Kier molecular flexibility index (Phi) is 1.88. The SMILES string of the molecule is CC1=CC2Cc3ccc(C)c4cnn(c34)C2C=C1. The maximum absolute atomic E-state index is 4.63. The van der Waals surface area contributed by atoms with Crippen LogP contribution in [0.25, 0.3) is 10.9 Å². The van der Waals surface area contributed by atoms with Crippen LogP contribution in [0.2, 0.25) is 0 Å². The third-order valence-electron chi connectivity index (χ3n) is 4.27. The number of benzene rings is 1. The first-order chi connectivity index (χ1) is 8.74. The van der Waals surface area contributed by atoms with E-state index in [1.54, 1.807) is 0 Å². The fourth-order valence-electron chi connectivity index (χ4n) is 3.34. The van der Waals surface area contributed by atoms with Crippen molar-refractivity contribution in [3.8, 4) is 0 Å². The Labute approximate surface area is 107 Å². The molecule has 2 unspecified atom stereocenters. The van der Waals surface area contributed by atoms with Crippen LogP contribution < -0.4 is 0 Å². The van der Waals surface area contributed by atoms with Crippen LogP contribution >= 0.6 is 0 Å². The van der Waals surface area contributed by atoms with E-state index in [-0.39, 0.29) is 0 Å². The molecule has 0 spiro atoms. The molecule has 2 heterocycles. The van der Waals surface area contributed by atoms with Gasteiger partial charge in [0.1, 0.15) is 0 Å². The molecule has 1 aromatic heterocycles. The third kappa shape index (κ3) is 1.20. The number of allylic oxidation sites excluding steroid dienone is 4. The van der Waals surface area contributed by atoms with Crippen molar-refractivity contribution in [3.05, 3.63) is 53.3 Å². The van der Waals surface area contributed by atoms with Gasteiger partial charge in [-0.3, -0.25) is 4.68 Å². The number of nitrogens with zero attached hydrogens (tertiary/aromatic N) is 2. The van der Waals surface area contributed by atoms with Crippen molar-refractivity contribution < 1.29 is 0 Å². The summed E-state index contributed by atoms with van der Waals surface area (Å²) < 4.78 is 2.21. The molecule has 0 bridgehead atoms. The molecule has 0 fully saturated rings. The van der Waals surface area contributed by atoms with E-state index >= 15 is 0 Å². The van der Waals surface area contributed by atoms with Gasteiger partial charge in [0.15, 0.2) is 0 Å². The second-order valence-corrected chi connectivity index (χ2v) is 5.52. The zero-order valence-electron chi connectivity index (χ0n) is 10.7. The molecule has 0 N–H and O–H groups in total. The van der Waals surface area contributed by atoms with Gasteiger partial charge in [0.2, 0.25) is 0 Å². The summed E-state index contributed by atoms with van der Waals surface area (Å²) in [6.45, 7) is 4.34. The van der Waals surface area contributed by atoms with Crippen molar-refractivity contribution in [1.82, 2.24) is 9.78 Å². The molecule has 90 valence electrons. The van der Waals surface area contributed by atoms with Gasteiger partial charge in [0.25, 0.3) is 0 Å². The van der Waals surface area contributed by atoms with E-state index in [0.29, 0.717) is 12.0 Å². The van der Waals surface area contributed by atoms with Crippen LogP contribution in [0.1, 0.15) is 24.1 Å². The molecule has 1 aromatic carbocycles. The highest BCUT2D eigenvalue weighted by atomic mass is 15.3. The van der Waals surface area contributed by atoms with Gasteiger partial charge in [0, 0.05) is 11.3 Å². The fourth-order valence-corrected chi connectivity index (χ4v) is 3.34. The molecule has 1 aliphatic carbocycles. The highest BCUT2D eigenvalue weighted by Gasteiger charge is 2.30. The Morgan fingerprint density at radius 3 is 3.06 bits per heavy atom. The van der Waals surface area contributed by atoms with Crippen LogP contribution in [0.15, 0.2) is 42.1 Å². The summed E-state index contributed by atoms with van der Waals surface area (Å²) in [4.78, 5) is 0. The van der Waals surface area contributed by atoms with Crippen LogP contribution in [0, 0.1) is 12.8 Å². The van der Waals surface area contributed by atoms with E-state index in [4.69, 9.17) is 0 Å². The average molecular weight is 236 g/mol. The molecule has 2 aliphatic rings. The minimum atomic E-state index is 0.403. The maximum atomic E-state index is 4.63. The Morgan fingerprint density at radius 1 is 1.28 bits per heavy atom. The molecule has 2 aromatic rings. The highest BCUT2D eigenvalue weighted by molar-refractivity contribution is 5.86. The molecular formula is C16H16N2. The molecule has 0 radical (unpaired) electrons. The molecule has 1 aliphatic heterocycles. The van der Waals surface area contributed by atoms with Gasteiger partial charge in [0.05, 0.1) is 17.8 Å². The third-order valence-corrected chi connectivity index (χ3v) is 4.27. The lowest BCUT2D eigenvalue weighted by molar-refractivity contribution is 0.408. The number of aromatic nitrogens is 2. The Morgan fingerprint density at radius 2 is 2.17 bits per heavy atom. The van der Waals surface area contributed by atoms with E-state index < -0.39 is 0 Å². The first-order valence-electron chi connectivity index (χ1n) is 6.56. The number of hydrogen-bond donors (Lipinski definition) is 0. The van der Waals surface area contributed by atoms with Gasteiger partial charge < -0.3 is 0 Å². The zero-order chi connectivity index (χ0) is 12.3. The molecule has 0 saturated carbocycles. The Hall–Kier alpha value is -1.83. The fraction of sp³-hybridized carbons (Fsp3) is 0.312.